The molecule has 0 unspecified atom stereocenters. The first-order valence-corrected chi connectivity index (χ1v) is 7.08. The summed E-state index contributed by atoms with van der Waals surface area (Å²) in [5.41, 5.74) is 4.49. The number of hydrogen-bond donors (Lipinski definition) is 0. The molecule has 0 N–H and O–H groups in total. The van der Waals surface area contributed by atoms with Gasteiger partial charge in [-0.05, 0) is 44.0 Å². The lowest BCUT2D eigenvalue weighted by molar-refractivity contribution is -0.137. The quantitative estimate of drug-likeness (QED) is 0.635. The number of nitrogens with zero attached hydrogens (tertiary/aromatic N) is 1. The molecule has 0 bridgehead atoms. The zero-order valence-electron chi connectivity index (χ0n) is 11.6. The van der Waals surface area contributed by atoms with Gasteiger partial charge >= 0.3 is 5.97 Å². The molecule has 1 heterocycles. The third-order valence-corrected chi connectivity index (χ3v) is 4.02. The molecule has 0 fully saturated rings. The van der Waals surface area contributed by atoms with Gasteiger partial charge in [-0.1, -0.05) is 23.4 Å². The van der Waals surface area contributed by atoms with E-state index in [1.165, 1.54) is 24.4 Å². The number of thioether (sulfide) groups is 1. The van der Waals surface area contributed by atoms with Crippen molar-refractivity contribution in [3.63, 3.8) is 0 Å². The molecule has 1 aromatic heterocycles. The van der Waals surface area contributed by atoms with E-state index in [0.717, 1.165) is 27.1 Å². The number of hydrogen-bond acceptors (Lipinski definition) is 4. The maximum Gasteiger partial charge on any atom is 0.316 e. The van der Waals surface area contributed by atoms with Gasteiger partial charge in [-0.15, -0.1) is 0 Å². The van der Waals surface area contributed by atoms with E-state index < -0.39 is 0 Å². The van der Waals surface area contributed by atoms with Crippen LogP contribution in [0.5, 0.6) is 0 Å². The smallest absolute Gasteiger partial charge is 0.316 e. The Bertz CT molecular complexity index is 638. The average Bonchev–Trinajstić information content (AvgIpc) is 2.36. The Morgan fingerprint density at radius 1 is 1.21 bits per heavy atom. The summed E-state index contributed by atoms with van der Waals surface area (Å²) >= 11 is 1.42. The van der Waals surface area contributed by atoms with Crippen LogP contribution in [0.3, 0.4) is 0 Å². The minimum atomic E-state index is -0.230. The molecule has 0 saturated heterocycles. The van der Waals surface area contributed by atoms with Crippen LogP contribution < -0.4 is 0 Å². The highest BCUT2D eigenvalue weighted by Crippen LogP contribution is 2.26. The van der Waals surface area contributed by atoms with Crippen LogP contribution in [-0.4, -0.2) is 23.8 Å². The molecule has 0 spiro atoms. The van der Waals surface area contributed by atoms with Gasteiger partial charge in [-0.25, -0.2) is 4.98 Å². The summed E-state index contributed by atoms with van der Waals surface area (Å²) in [4.78, 5) is 15.9. The van der Waals surface area contributed by atoms with Crippen LogP contribution in [0.25, 0.3) is 10.9 Å². The van der Waals surface area contributed by atoms with Crippen molar-refractivity contribution in [1.82, 2.24) is 4.98 Å². The fraction of sp³-hybridized carbons (Fsp3) is 0.333. The summed E-state index contributed by atoms with van der Waals surface area (Å²) < 4.78 is 4.65. The van der Waals surface area contributed by atoms with Crippen LogP contribution in [0.2, 0.25) is 0 Å². The van der Waals surface area contributed by atoms with Crippen molar-refractivity contribution < 1.29 is 9.53 Å². The van der Waals surface area contributed by atoms with Crippen LogP contribution in [0.1, 0.15) is 16.7 Å². The summed E-state index contributed by atoms with van der Waals surface area (Å²) in [6.07, 6.45) is 0. The molecule has 0 aliphatic heterocycles. The summed E-state index contributed by atoms with van der Waals surface area (Å²) in [5.74, 6) is 0.0627. The molecule has 0 atom stereocenters. The maximum absolute atomic E-state index is 11.2. The molecule has 4 heteroatoms. The van der Waals surface area contributed by atoms with E-state index in [-0.39, 0.29) is 5.97 Å². The molecule has 0 saturated carbocycles. The lowest BCUT2D eigenvalue weighted by Crippen LogP contribution is -2.04. The molecule has 3 nitrogen and oxygen atoms in total. The zero-order valence-corrected chi connectivity index (χ0v) is 12.4. The van der Waals surface area contributed by atoms with Crippen LogP contribution in [0.4, 0.5) is 0 Å². The Hall–Kier alpha value is -1.55. The Labute approximate surface area is 117 Å². The minimum absolute atomic E-state index is 0.230. The molecule has 100 valence electrons. The van der Waals surface area contributed by atoms with E-state index in [1.807, 2.05) is 6.92 Å². The first-order valence-electron chi connectivity index (χ1n) is 6.09. The summed E-state index contributed by atoms with van der Waals surface area (Å²) in [6, 6.07) is 6.39. The van der Waals surface area contributed by atoms with Crippen molar-refractivity contribution >= 4 is 28.6 Å². The van der Waals surface area contributed by atoms with Gasteiger partial charge in [-0.2, -0.15) is 0 Å². The Kier molecular flexibility index (Phi) is 4.10. The van der Waals surface area contributed by atoms with Crippen LogP contribution in [0.15, 0.2) is 23.2 Å². The Balaban J connectivity index is 2.40. The number of aryl methyl sites for hydroxylation is 3. The van der Waals surface area contributed by atoms with E-state index in [2.05, 4.69) is 41.8 Å². The standard InChI is InChI=1S/C15H17NO2S/c1-9-5-10(2)14-12(6-9)7-11(3)15(16-14)19-8-13(17)18-4/h5-7H,8H2,1-4H3. The minimum Gasteiger partial charge on any atom is -0.468 e. The van der Waals surface area contributed by atoms with Crippen molar-refractivity contribution in [1.29, 1.82) is 0 Å². The third-order valence-electron chi connectivity index (χ3n) is 2.95. The van der Waals surface area contributed by atoms with Gasteiger partial charge in [0.25, 0.3) is 0 Å². The molecule has 0 aliphatic rings. The molecule has 2 rings (SSSR count). The molecule has 0 amide bonds. The molecule has 0 radical (unpaired) electrons. The largest absolute Gasteiger partial charge is 0.468 e. The number of aromatic nitrogens is 1. The van der Waals surface area contributed by atoms with Crippen molar-refractivity contribution in [3.8, 4) is 0 Å². The number of esters is 1. The van der Waals surface area contributed by atoms with Crippen molar-refractivity contribution in [2.45, 2.75) is 25.8 Å². The Morgan fingerprint density at radius 2 is 1.95 bits per heavy atom. The number of carbonyl (C=O) groups is 1. The number of fused-ring (bicyclic) bond motifs is 1. The second kappa shape index (κ2) is 5.61. The molecular formula is C15H17NO2S. The van der Waals surface area contributed by atoms with Gasteiger partial charge in [0.1, 0.15) is 5.03 Å². The van der Waals surface area contributed by atoms with E-state index >= 15 is 0 Å². The fourth-order valence-corrected chi connectivity index (χ4v) is 2.89. The van der Waals surface area contributed by atoms with Crippen molar-refractivity contribution in [3.05, 3.63) is 34.9 Å². The van der Waals surface area contributed by atoms with Gasteiger partial charge in [0, 0.05) is 5.39 Å². The van der Waals surface area contributed by atoms with Crippen LogP contribution in [-0.2, 0) is 9.53 Å². The fourth-order valence-electron chi connectivity index (χ4n) is 2.07. The van der Waals surface area contributed by atoms with Gasteiger partial charge in [-0.3, -0.25) is 4.79 Å². The van der Waals surface area contributed by atoms with Crippen molar-refractivity contribution in [2.24, 2.45) is 0 Å². The number of rotatable bonds is 3. The lowest BCUT2D eigenvalue weighted by atomic mass is 10.1. The number of ether oxygens (including phenoxy) is 1. The predicted octanol–water partition coefficient (Wildman–Crippen LogP) is 3.43. The van der Waals surface area contributed by atoms with Gasteiger partial charge in [0.15, 0.2) is 0 Å². The van der Waals surface area contributed by atoms with Gasteiger partial charge < -0.3 is 4.74 Å². The third kappa shape index (κ3) is 3.07. The number of carbonyl (C=O) groups excluding carboxylic acids is 1. The number of benzene rings is 1. The highest BCUT2D eigenvalue weighted by atomic mass is 32.2. The van der Waals surface area contributed by atoms with Crippen LogP contribution in [0, 0.1) is 20.8 Å². The van der Waals surface area contributed by atoms with E-state index in [0.29, 0.717) is 5.75 Å². The lowest BCUT2D eigenvalue weighted by Gasteiger charge is -2.09. The number of pyridine rings is 1. The molecular weight excluding hydrogens is 258 g/mol. The van der Waals surface area contributed by atoms with Crippen LogP contribution >= 0.6 is 11.8 Å². The Morgan fingerprint density at radius 3 is 2.63 bits per heavy atom. The number of methoxy groups -OCH3 is 1. The predicted molar refractivity (Wildman–Crippen MR) is 78.7 cm³/mol. The second-order valence-electron chi connectivity index (χ2n) is 4.63. The molecule has 0 aliphatic carbocycles. The molecule has 1 aromatic carbocycles. The molecule has 19 heavy (non-hydrogen) atoms. The second-order valence-corrected chi connectivity index (χ2v) is 5.59. The zero-order chi connectivity index (χ0) is 14.0. The van der Waals surface area contributed by atoms with Gasteiger partial charge in [0.05, 0.1) is 18.4 Å². The normalized spacial score (nSPS) is 10.7. The summed E-state index contributed by atoms with van der Waals surface area (Å²) in [6.45, 7) is 6.16. The first kappa shape index (κ1) is 13.9. The highest BCUT2D eigenvalue weighted by Gasteiger charge is 2.09. The van der Waals surface area contributed by atoms with Crippen molar-refractivity contribution in [2.75, 3.05) is 12.9 Å². The topological polar surface area (TPSA) is 39.2 Å². The summed E-state index contributed by atoms with van der Waals surface area (Å²) in [5, 5.41) is 2.04. The average molecular weight is 275 g/mol. The van der Waals surface area contributed by atoms with Gasteiger partial charge in [0.2, 0.25) is 0 Å². The highest BCUT2D eigenvalue weighted by molar-refractivity contribution is 7.99. The first-order chi connectivity index (χ1) is 9.01. The SMILES string of the molecule is COC(=O)CSc1nc2c(C)cc(C)cc2cc1C. The monoisotopic (exact) mass is 275 g/mol. The molecule has 2 aromatic rings. The summed E-state index contributed by atoms with van der Waals surface area (Å²) in [7, 11) is 1.40. The maximum atomic E-state index is 11.2. The van der Waals surface area contributed by atoms with E-state index in [4.69, 9.17) is 0 Å². The van der Waals surface area contributed by atoms with E-state index in [1.54, 1.807) is 0 Å². The van der Waals surface area contributed by atoms with E-state index in [9.17, 15) is 4.79 Å².